The van der Waals surface area contributed by atoms with Crippen LogP contribution in [0, 0.1) is 0 Å². The summed E-state index contributed by atoms with van der Waals surface area (Å²) in [6.45, 7) is 2.17. The first-order valence-corrected chi connectivity index (χ1v) is 5.63. The molecule has 0 heterocycles. The Morgan fingerprint density at radius 1 is 1.36 bits per heavy atom. The molecule has 11 heavy (non-hydrogen) atoms. The molecule has 1 atom stereocenters. The third-order valence-corrected chi connectivity index (χ3v) is 4.02. The van der Waals surface area contributed by atoms with Gasteiger partial charge in [0.05, 0.1) is 0 Å². The highest BCUT2D eigenvalue weighted by Crippen LogP contribution is 2.01. The summed E-state index contributed by atoms with van der Waals surface area (Å²) in [5, 5.41) is 3.22. The van der Waals surface area contributed by atoms with Gasteiger partial charge in [0, 0.05) is 19.9 Å². The first-order chi connectivity index (χ1) is 5.29. The Balaban J connectivity index is 3.76. The fraction of sp³-hybridized carbons (Fsp3) is 1.00. The summed E-state index contributed by atoms with van der Waals surface area (Å²) in [5.74, 6) is 0. The predicted octanol–water partition coefficient (Wildman–Crippen LogP) is 0.427. The molecule has 0 saturated carbocycles. The maximum absolute atomic E-state index is 5.26. The van der Waals surface area contributed by atoms with Gasteiger partial charge in [-0.2, -0.15) is 0 Å². The van der Waals surface area contributed by atoms with Crippen molar-refractivity contribution >= 4 is 9.28 Å². The third-order valence-electron chi connectivity index (χ3n) is 1.76. The van der Waals surface area contributed by atoms with Gasteiger partial charge >= 0.3 is 9.28 Å². The van der Waals surface area contributed by atoms with Gasteiger partial charge < -0.3 is 14.2 Å². The fourth-order valence-electron chi connectivity index (χ4n) is 1.15. The van der Waals surface area contributed by atoms with Crippen LogP contribution in [0.1, 0.15) is 19.8 Å². The van der Waals surface area contributed by atoms with Gasteiger partial charge in [0.2, 0.25) is 0 Å². The van der Waals surface area contributed by atoms with E-state index in [0.29, 0.717) is 5.67 Å². The molecular formula is C7H19NO2Si. The number of hydrogen-bond donors (Lipinski definition) is 1. The van der Waals surface area contributed by atoms with E-state index in [9.17, 15) is 0 Å². The minimum absolute atomic E-state index is 0.440. The van der Waals surface area contributed by atoms with Crippen molar-refractivity contribution in [3.05, 3.63) is 0 Å². The van der Waals surface area contributed by atoms with Gasteiger partial charge in [0.1, 0.15) is 0 Å². The second kappa shape index (κ2) is 6.79. The summed E-state index contributed by atoms with van der Waals surface area (Å²) < 4.78 is 10.5. The van der Waals surface area contributed by atoms with Crippen molar-refractivity contribution < 1.29 is 8.85 Å². The van der Waals surface area contributed by atoms with Crippen molar-refractivity contribution in [2.45, 2.75) is 25.4 Å². The smallest absolute Gasteiger partial charge is 0.338 e. The summed E-state index contributed by atoms with van der Waals surface area (Å²) in [5.41, 5.74) is 0.440. The molecule has 1 N–H and O–H groups in total. The Labute approximate surface area is 70.9 Å². The molecule has 3 nitrogen and oxygen atoms in total. The summed E-state index contributed by atoms with van der Waals surface area (Å²) >= 11 is 0. The van der Waals surface area contributed by atoms with E-state index in [1.165, 1.54) is 6.42 Å². The summed E-state index contributed by atoms with van der Waals surface area (Å²) in [7, 11) is 3.97. The van der Waals surface area contributed by atoms with E-state index in [-0.39, 0.29) is 0 Å². The van der Waals surface area contributed by atoms with E-state index in [1.54, 1.807) is 14.2 Å². The first kappa shape index (κ1) is 11.1. The lowest BCUT2D eigenvalue weighted by molar-refractivity contribution is 0.258. The molecule has 4 heteroatoms. The van der Waals surface area contributed by atoms with Crippen LogP contribution < -0.4 is 5.32 Å². The van der Waals surface area contributed by atoms with Crippen LogP contribution in [0.2, 0.25) is 0 Å². The molecule has 0 bridgehead atoms. The zero-order chi connectivity index (χ0) is 8.69. The molecule has 0 fully saturated rings. The van der Waals surface area contributed by atoms with Crippen LogP contribution in [-0.2, 0) is 8.85 Å². The quantitative estimate of drug-likeness (QED) is 0.597. The Bertz CT molecular complexity index is 88.5. The highest BCUT2D eigenvalue weighted by Gasteiger charge is 2.21. The van der Waals surface area contributed by atoms with Gasteiger partial charge in [-0.15, -0.1) is 0 Å². The van der Waals surface area contributed by atoms with E-state index < -0.39 is 9.28 Å². The van der Waals surface area contributed by atoms with E-state index in [1.807, 2.05) is 7.05 Å². The van der Waals surface area contributed by atoms with E-state index in [0.717, 1.165) is 6.42 Å². The van der Waals surface area contributed by atoms with Gasteiger partial charge in [-0.25, -0.2) is 0 Å². The highest BCUT2D eigenvalue weighted by molar-refractivity contribution is 6.46. The Kier molecular flexibility index (Phi) is 6.85. The molecular weight excluding hydrogens is 158 g/mol. The minimum atomic E-state index is -1.44. The molecule has 0 aromatic rings. The van der Waals surface area contributed by atoms with Crippen LogP contribution in [-0.4, -0.2) is 36.2 Å². The zero-order valence-corrected chi connectivity index (χ0v) is 9.04. The third kappa shape index (κ3) is 3.86. The molecule has 0 aliphatic carbocycles. The van der Waals surface area contributed by atoms with Crippen LogP contribution in [0.15, 0.2) is 0 Å². The Morgan fingerprint density at radius 3 is 2.18 bits per heavy atom. The van der Waals surface area contributed by atoms with E-state index in [2.05, 4.69) is 12.2 Å². The second-order valence-electron chi connectivity index (χ2n) is 2.52. The topological polar surface area (TPSA) is 30.5 Å². The van der Waals surface area contributed by atoms with Gasteiger partial charge in [0.15, 0.2) is 0 Å². The molecule has 0 radical (unpaired) electrons. The average Bonchev–Trinajstić information content (AvgIpc) is 2.05. The minimum Gasteiger partial charge on any atom is -0.399 e. The van der Waals surface area contributed by atoms with Crippen molar-refractivity contribution in [3.63, 3.8) is 0 Å². The van der Waals surface area contributed by atoms with Crippen molar-refractivity contribution in [2.24, 2.45) is 0 Å². The van der Waals surface area contributed by atoms with Gasteiger partial charge in [0.25, 0.3) is 0 Å². The Morgan fingerprint density at radius 2 is 1.91 bits per heavy atom. The monoisotopic (exact) mass is 177 g/mol. The molecule has 0 aliphatic rings. The van der Waals surface area contributed by atoms with Gasteiger partial charge in [-0.1, -0.05) is 13.3 Å². The lowest BCUT2D eigenvalue weighted by atomic mass is 10.3. The molecule has 0 spiro atoms. The maximum atomic E-state index is 5.26. The van der Waals surface area contributed by atoms with Crippen LogP contribution in [0.4, 0.5) is 0 Å². The van der Waals surface area contributed by atoms with Crippen LogP contribution in [0.25, 0.3) is 0 Å². The predicted molar refractivity (Wildman–Crippen MR) is 48.9 cm³/mol. The Hall–Kier alpha value is 0.0969. The molecule has 0 aliphatic heterocycles. The second-order valence-corrected chi connectivity index (χ2v) is 5.01. The lowest BCUT2D eigenvalue weighted by Crippen LogP contribution is -2.44. The molecule has 0 aromatic carbocycles. The summed E-state index contributed by atoms with van der Waals surface area (Å²) in [4.78, 5) is 0. The van der Waals surface area contributed by atoms with Crippen LogP contribution >= 0.6 is 0 Å². The lowest BCUT2D eigenvalue weighted by Gasteiger charge is -2.21. The van der Waals surface area contributed by atoms with Crippen LogP contribution in [0.5, 0.6) is 0 Å². The van der Waals surface area contributed by atoms with Crippen molar-refractivity contribution in [1.82, 2.24) is 5.32 Å². The fourth-order valence-corrected chi connectivity index (χ4v) is 2.88. The van der Waals surface area contributed by atoms with Crippen molar-refractivity contribution in [3.8, 4) is 0 Å². The summed E-state index contributed by atoms with van der Waals surface area (Å²) in [6.07, 6.45) is 2.30. The molecule has 1 unspecified atom stereocenters. The standard InChI is InChI=1S/C7H19NO2Si/c1-5-6-7(8-2)11(9-3)10-4/h7-8,11H,5-6H2,1-4H3. The molecule has 68 valence electrons. The van der Waals surface area contributed by atoms with Crippen molar-refractivity contribution in [2.75, 3.05) is 21.3 Å². The van der Waals surface area contributed by atoms with Crippen LogP contribution in [0.3, 0.4) is 0 Å². The molecule has 0 amide bonds. The largest absolute Gasteiger partial charge is 0.399 e. The van der Waals surface area contributed by atoms with E-state index in [4.69, 9.17) is 8.85 Å². The highest BCUT2D eigenvalue weighted by atomic mass is 28.3. The van der Waals surface area contributed by atoms with Gasteiger partial charge in [-0.3, -0.25) is 0 Å². The number of rotatable bonds is 6. The maximum Gasteiger partial charge on any atom is 0.338 e. The molecule has 0 saturated heterocycles. The zero-order valence-electron chi connectivity index (χ0n) is 7.89. The first-order valence-electron chi connectivity index (χ1n) is 4.03. The molecule has 0 aromatic heterocycles. The van der Waals surface area contributed by atoms with Crippen molar-refractivity contribution in [1.29, 1.82) is 0 Å². The SMILES string of the molecule is CCCC(NC)[SiH](OC)OC. The van der Waals surface area contributed by atoms with Gasteiger partial charge in [-0.05, 0) is 13.5 Å². The average molecular weight is 177 g/mol. The number of hydrogen-bond acceptors (Lipinski definition) is 3. The number of nitrogens with one attached hydrogen (secondary N) is 1. The summed E-state index contributed by atoms with van der Waals surface area (Å²) in [6, 6.07) is 0. The molecule has 0 rings (SSSR count). The normalized spacial score (nSPS) is 13.9. The van der Waals surface area contributed by atoms with E-state index >= 15 is 0 Å².